The molecule has 0 unspecified atom stereocenters. The molecule has 2 rings (SSSR count). The maximum atomic E-state index is 12.0. The Labute approximate surface area is 99.9 Å². The highest BCUT2D eigenvalue weighted by molar-refractivity contribution is 9.10. The van der Waals surface area contributed by atoms with Gasteiger partial charge in [-0.15, -0.1) is 11.3 Å². The van der Waals surface area contributed by atoms with E-state index >= 15 is 0 Å². The van der Waals surface area contributed by atoms with Crippen LogP contribution in [0.3, 0.4) is 0 Å². The van der Waals surface area contributed by atoms with Crippen LogP contribution in [-0.2, 0) is 0 Å². The summed E-state index contributed by atoms with van der Waals surface area (Å²) in [5.41, 5.74) is 6.93. The number of hydrogen-bond donors (Lipinski definition) is 1. The van der Waals surface area contributed by atoms with E-state index in [1.165, 1.54) is 11.3 Å². The zero-order valence-corrected chi connectivity index (χ0v) is 10.1. The molecule has 0 bridgehead atoms. The van der Waals surface area contributed by atoms with E-state index in [0.29, 0.717) is 16.1 Å². The SMILES string of the molecule is Nc1sccc1C(=O)c1cccc(Br)c1. The van der Waals surface area contributed by atoms with Crippen molar-refractivity contribution in [3.63, 3.8) is 0 Å². The molecule has 0 atom stereocenters. The van der Waals surface area contributed by atoms with Gasteiger partial charge in [-0.25, -0.2) is 0 Å². The van der Waals surface area contributed by atoms with Crippen LogP contribution in [0.1, 0.15) is 15.9 Å². The van der Waals surface area contributed by atoms with Gasteiger partial charge in [0.25, 0.3) is 0 Å². The molecule has 0 spiro atoms. The molecule has 0 amide bonds. The van der Waals surface area contributed by atoms with Crippen molar-refractivity contribution >= 4 is 38.1 Å². The molecule has 2 nitrogen and oxygen atoms in total. The van der Waals surface area contributed by atoms with E-state index in [1.807, 2.05) is 17.5 Å². The summed E-state index contributed by atoms with van der Waals surface area (Å²) >= 11 is 4.71. The minimum atomic E-state index is -0.0324. The number of carbonyl (C=O) groups excluding carboxylic acids is 1. The lowest BCUT2D eigenvalue weighted by Gasteiger charge is -2.00. The lowest BCUT2D eigenvalue weighted by atomic mass is 10.1. The fourth-order valence-corrected chi connectivity index (χ4v) is 2.33. The zero-order chi connectivity index (χ0) is 10.8. The Balaban J connectivity index is 2.41. The summed E-state index contributed by atoms with van der Waals surface area (Å²) in [6.07, 6.45) is 0. The maximum absolute atomic E-state index is 12.0. The van der Waals surface area contributed by atoms with Gasteiger partial charge >= 0.3 is 0 Å². The van der Waals surface area contributed by atoms with Crippen LogP contribution < -0.4 is 5.73 Å². The van der Waals surface area contributed by atoms with E-state index in [1.54, 1.807) is 18.2 Å². The van der Waals surface area contributed by atoms with Crippen molar-refractivity contribution in [1.29, 1.82) is 0 Å². The van der Waals surface area contributed by atoms with Crippen molar-refractivity contribution in [3.05, 3.63) is 51.3 Å². The molecular formula is C11H8BrNOS. The quantitative estimate of drug-likeness (QED) is 0.858. The van der Waals surface area contributed by atoms with Crippen molar-refractivity contribution in [2.45, 2.75) is 0 Å². The van der Waals surface area contributed by atoms with Gasteiger partial charge < -0.3 is 5.73 Å². The van der Waals surface area contributed by atoms with Crippen LogP contribution >= 0.6 is 27.3 Å². The summed E-state index contributed by atoms with van der Waals surface area (Å²) in [5.74, 6) is -0.0324. The summed E-state index contributed by atoms with van der Waals surface area (Å²) < 4.78 is 0.891. The van der Waals surface area contributed by atoms with Crippen molar-refractivity contribution in [2.24, 2.45) is 0 Å². The Bertz CT molecular complexity index is 507. The highest BCUT2D eigenvalue weighted by Crippen LogP contribution is 2.23. The van der Waals surface area contributed by atoms with Crippen LogP contribution in [-0.4, -0.2) is 5.78 Å². The lowest BCUT2D eigenvalue weighted by Crippen LogP contribution is -2.02. The summed E-state index contributed by atoms with van der Waals surface area (Å²) in [5, 5.41) is 2.39. The third-order valence-electron chi connectivity index (χ3n) is 2.03. The largest absolute Gasteiger partial charge is 0.390 e. The second kappa shape index (κ2) is 4.16. The molecule has 1 aromatic heterocycles. The van der Waals surface area contributed by atoms with E-state index in [4.69, 9.17) is 5.73 Å². The van der Waals surface area contributed by atoms with E-state index in [2.05, 4.69) is 15.9 Å². The second-order valence-corrected chi connectivity index (χ2v) is 4.90. The average molecular weight is 282 g/mol. The highest BCUT2D eigenvalue weighted by Gasteiger charge is 2.12. The maximum Gasteiger partial charge on any atom is 0.196 e. The first-order chi connectivity index (χ1) is 7.18. The predicted molar refractivity (Wildman–Crippen MR) is 66.3 cm³/mol. The molecule has 2 aromatic rings. The number of thiophene rings is 1. The Morgan fingerprint density at radius 3 is 2.73 bits per heavy atom. The van der Waals surface area contributed by atoms with Crippen molar-refractivity contribution < 1.29 is 4.79 Å². The van der Waals surface area contributed by atoms with E-state index in [-0.39, 0.29) is 5.78 Å². The standard InChI is InChI=1S/C11H8BrNOS/c12-8-3-1-2-7(6-8)10(14)9-4-5-15-11(9)13/h1-6H,13H2. The normalized spacial score (nSPS) is 10.2. The van der Waals surface area contributed by atoms with Gasteiger partial charge in [-0.1, -0.05) is 28.1 Å². The Hall–Kier alpha value is -1.13. The molecule has 0 aliphatic rings. The fourth-order valence-electron chi connectivity index (χ4n) is 1.29. The number of anilines is 1. The molecule has 0 saturated heterocycles. The van der Waals surface area contributed by atoms with E-state index in [9.17, 15) is 4.79 Å². The minimum absolute atomic E-state index is 0.0324. The smallest absolute Gasteiger partial charge is 0.196 e. The highest BCUT2D eigenvalue weighted by atomic mass is 79.9. The first kappa shape index (κ1) is 10.4. The topological polar surface area (TPSA) is 43.1 Å². The Morgan fingerprint density at radius 1 is 1.33 bits per heavy atom. The number of carbonyl (C=O) groups is 1. The molecule has 2 N–H and O–H groups in total. The lowest BCUT2D eigenvalue weighted by molar-refractivity contribution is 0.104. The Kier molecular flexibility index (Phi) is 2.88. The van der Waals surface area contributed by atoms with E-state index in [0.717, 1.165) is 4.47 Å². The number of nitrogens with two attached hydrogens (primary N) is 1. The average Bonchev–Trinajstić information content (AvgIpc) is 2.63. The third-order valence-corrected chi connectivity index (χ3v) is 3.27. The number of hydrogen-bond acceptors (Lipinski definition) is 3. The number of nitrogen functional groups attached to an aromatic ring is 1. The molecule has 0 saturated carbocycles. The molecule has 0 aliphatic heterocycles. The molecule has 15 heavy (non-hydrogen) atoms. The van der Waals surface area contributed by atoms with Crippen LogP contribution in [0.5, 0.6) is 0 Å². The molecule has 1 aromatic carbocycles. The molecular weight excluding hydrogens is 274 g/mol. The van der Waals surface area contributed by atoms with Gasteiger partial charge in [-0.2, -0.15) is 0 Å². The molecule has 0 aliphatic carbocycles. The van der Waals surface area contributed by atoms with Crippen molar-refractivity contribution in [3.8, 4) is 0 Å². The number of halogens is 1. The summed E-state index contributed by atoms with van der Waals surface area (Å²) in [7, 11) is 0. The van der Waals surface area contributed by atoms with Crippen LogP contribution in [0.25, 0.3) is 0 Å². The third kappa shape index (κ3) is 2.11. The molecule has 0 radical (unpaired) electrons. The van der Waals surface area contributed by atoms with Crippen LogP contribution in [0, 0.1) is 0 Å². The molecule has 4 heteroatoms. The monoisotopic (exact) mass is 281 g/mol. The van der Waals surface area contributed by atoms with Crippen LogP contribution in [0.2, 0.25) is 0 Å². The minimum Gasteiger partial charge on any atom is -0.390 e. The fraction of sp³-hybridized carbons (Fsp3) is 0. The number of benzene rings is 1. The predicted octanol–water partition coefficient (Wildman–Crippen LogP) is 3.32. The molecule has 0 fully saturated rings. The summed E-state index contributed by atoms with van der Waals surface area (Å²) in [6.45, 7) is 0. The van der Waals surface area contributed by atoms with Gasteiger partial charge in [0.15, 0.2) is 5.78 Å². The Morgan fingerprint density at radius 2 is 2.13 bits per heavy atom. The number of ketones is 1. The van der Waals surface area contributed by atoms with Gasteiger partial charge in [0, 0.05) is 10.0 Å². The van der Waals surface area contributed by atoms with Crippen molar-refractivity contribution in [2.75, 3.05) is 5.73 Å². The molecule has 76 valence electrons. The summed E-state index contributed by atoms with van der Waals surface area (Å²) in [6, 6.07) is 9.04. The van der Waals surface area contributed by atoms with Gasteiger partial charge in [-0.3, -0.25) is 4.79 Å². The number of rotatable bonds is 2. The van der Waals surface area contributed by atoms with Gasteiger partial charge in [0.1, 0.15) is 0 Å². The summed E-state index contributed by atoms with van der Waals surface area (Å²) in [4.78, 5) is 12.0. The van der Waals surface area contributed by atoms with Crippen LogP contribution in [0.4, 0.5) is 5.00 Å². The first-order valence-electron chi connectivity index (χ1n) is 4.31. The first-order valence-corrected chi connectivity index (χ1v) is 5.99. The van der Waals surface area contributed by atoms with Crippen molar-refractivity contribution in [1.82, 2.24) is 0 Å². The van der Waals surface area contributed by atoms with Gasteiger partial charge in [0.2, 0.25) is 0 Å². The second-order valence-electron chi connectivity index (χ2n) is 3.04. The van der Waals surface area contributed by atoms with Gasteiger partial charge in [-0.05, 0) is 23.6 Å². The molecule has 1 heterocycles. The van der Waals surface area contributed by atoms with E-state index < -0.39 is 0 Å². The van der Waals surface area contributed by atoms with Crippen LogP contribution in [0.15, 0.2) is 40.2 Å². The van der Waals surface area contributed by atoms with Gasteiger partial charge in [0.05, 0.1) is 10.6 Å². The zero-order valence-electron chi connectivity index (χ0n) is 7.74.